The van der Waals surface area contributed by atoms with Gasteiger partial charge in [-0.2, -0.15) is 0 Å². The van der Waals surface area contributed by atoms with Gasteiger partial charge in [-0.3, -0.25) is 0 Å². The monoisotopic (exact) mass is 362 g/mol. The number of aliphatic hydroxyl groups is 1. The molecule has 5 fully saturated rings. The Morgan fingerprint density at radius 2 is 2.00 bits per heavy atom. The van der Waals surface area contributed by atoms with Crippen LogP contribution in [0.15, 0.2) is 24.3 Å². The van der Waals surface area contributed by atoms with Crippen molar-refractivity contribution >= 4 is 11.9 Å². The molecule has 1 N–H and O–H groups in total. The molecule has 5 rings (SSSR count). The van der Waals surface area contributed by atoms with Gasteiger partial charge in [0.15, 0.2) is 5.60 Å². The fourth-order valence-electron chi connectivity index (χ4n) is 5.02. The first-order valence-electron chi connectivity index (χ1n) is 9.01. The Morgan fingerprint density at radius 1 is 1.31 bits per heavy atom. The Bertz CT molecular complexity index is 732. The summed E-state index contributed by atoms with van der Waals surface area (Å²) in [5, 5.41) is 10.5. The van der Waals surface area contributed by atoms with Gasteiger partial charge in [-0.05, 0) is 19.3 Å². The summed E-state index contributed by atoms with van der Waals surface area (Å²) in [6.07, 6.45) is -0.815. The molecule has 0 bridgehead atoms. The minimum atomic E-state index is -0.902. The summed E-state index contributed by atoms with van der Waals surface area (Å²) < 4.78 is 22.3. The molecule has 0 aromatic heterocycles. The van der Waals surface area contributed by atoms with Gasteiger partial charge in [0.05, 0.1) is 25.2 Å². The van der Waals surface area contributed by atoms with Gasteiger partial charge in [0.25, 0.3) is 0 Å². The fourth-order valence-corrected chi connectivity index (χ4v) is 5.02. The molecule has 7 heteroatoms. The van der Waals surface area contributed by atoms with Crippen molar-refractivity contribution < 1.29 is 33.6 Å². The van der Waals surface area contributed by atoms with Crippen LogP contribution in [0.3, 0.4) is 0 Å². The summed E-state index contributed by atoms with van der Waals surface area (Å²) in [7, 11) is 0. The Morgan fingerprint density at radius 3 is 2.62 bits per heavy atom. The van der Waals surface area contributed by atoms with Crippen LogP contribution >= 0.6 is 0 Å². The van der Waals surface area contributed by atoms with E-state index in [1.807, 2.05) is 0 Å². The van der Waals surface area contributed by atoms with Gasteiger partial charge in [-0.25, -0.2) is 9.59 Å². The van der Waals surface area contributed by atoms with Gasteiger partial charge in [0.2, 0.25) is 0 Å². The molecule has 26 heavy (non-hydrogen) atoms. The van der Waals surface area contributed by atoms with Crippen molar-refractivity contribution in [1.29, 1.82) is 0 Å². The van der Waals surface area contributed by atoms with Crippen molar-refractivity contribution in [1.82, 2.24) is 0 Å². The van der Waals surface area contributed by atoms with Gasteiger partial charge in [-0.1, -0.05) is 18.7 Å². The highest BCUT2D eigenvalue weighted by molar-refractivity contribution is 5.91. The largest absolute Gasteiger partial charge is 0.459 e. The van der Waals surface area contributed by atoms with Crippen molar-refractivity contribution in [2.75, 3.05) is 13.2 Å². The highest BCUT2D eigenvalue weighted by Crippen LogP contribution is 2.60. The molecule has 3 heterocycles. The first-order valence-corrected chi connectivity index (χ1v) is 9.01. The van der Waals surface area contributed by atoms with E-state index in [-0.39, 0.29) is 11.8 Å². The lowest BCUT2D eigenvalue weighted by Crippen LogP contribution is -2.43. The summed E-state index contributed by atoms with van der Waals surface area (Å²) in [4.78, 5) is 24.7. The molecule has 0 amide bonds. The zero-order valence-corrected chi connectivity index (χ0v) is 14.6. The van der Waals surface area contributed by atoms with Crippen molar-refractivity contribution in [3.05, 3.63) is 24.3 Å². The van der Waals surface area contributed by atoms with Crippen LogP contribution in [0.5, 0.6) is 0 Å². The Kier molecular flexibility index (Phi) is 3.15. The third kappa shape index (κ3) is 2.05. The zero-order valence-electron chi connectivity index (χ0n) is 14.6. The van der Waals surface area contributed by atoms with Crippen LogP contribution in [0, 0.1) is 17.8 Å². The summed E-state index contributed by atoms with van der Waals surface area (Å²) in [5.74, 6) is -1.62. The van der Waals surface area contributed by atoms with E-state index in [2.05, 4.69) is 13.2 Å². The molecular weight excluding hydrogens is 340 g/mol. The lowest BCUT2D eigenvalue weighted by molar-refractivity contribution is -0.158. The van der Waals surface area contributed by atoms with E-state index >= 15 is 0 Å². The zero-order chi connectivity index (χ0) is 18.4. The third-order valence-electron chi connectivity index (χ3n) is 6.79. The maximum Gasteiger partial charge on any atom is 0.340 e. The van der Waals surface area contributed by atoms with Crippen LogP contribution in [-0.4, -0.2) is 59.8 Å². The topological polar surface area (TPSA) is 97.9 Å². The van der Waals surface area contributed by atoms with Crippen molar-refractivity contribution in [2.45, 2.75) is 49.3 Å². The molecule has 0 aromatic carbocycles. The Hall–Kier alpha value is -1.70. The smallest absolute Gasteiger partial charge is 0.340 e. The maximum atomic E-state index is 12.4. The fraction of sp³-hybridized carbons (Fsp3) is 0.684. The van der Waals surface area contributed by atoms with Crippen molar-refractivity contribution in [2.24, 2.45) is 17.8 Å². The molecule has 5 aliphatic rings. The SMILES string of the molecule is C=C1C[C@H](OC(=O)C2(C)CO2)C2C(=C)C(=O)O[C@@H]2C2C1C[C@H](O)[C@@]21CO1. The number of carbonyl (C=O) groups is 2. The van der Waals surface area contributed by atoms with Crippen molar-refractivity contribution in [3.63, 3.8) is 0 Å². The molecule has 2 aliphatic carbocycles. The average Bonchev–Trinajstić information content (AvgIpc) is 3.47. The van der Waals surface area contributed by atoms with E-state index in [0.29, 0.717) is 31.6 Å². The number of ether oxygens (including phenoxy) is 4. The predicted octanol–water partition coefficient (Wildman–Crippen LogP) is 0.511. The molecule has 4 unspecified atom stereocenters. The van der Waals surface area contributed by atoms with Gasteiger partial charge < -0.3 is 24.1 Å². The molecule has 8 atom stereocenters. The molecular formula is C19H22O7. The van der Waals surface area contributed by atoms with E-state index in [1.54, 1.807) is 6.92 Å². The minimum absolute atomic E-state index is 0.0461. The molecule has 2 saturated carbocycles. The average molecular weight is 362 g/mol. The first kappa shape index (κ1) is 16.5. The number of aliphatic hydroxyl groups excluding tert-OH is 1. The summed E-state index contributed by atoms with van der Waals surface area (Å²) in [5.41, 5.74) is -0.396. The van der Waals surface area contributed by atoms with Crippen LogP contribution < -0.4 is 0 Å². The van der Waals surface area contributed by atoms with E-state index in [4.69, 9.17) is 18.9 Å². The summed E-state index contributed by atoms with van der Waals surface area (Å²) in [6.45, 7) is 10.5. The highest BCUT2D eigenvalue weighted by Gasteiger charge is 2.71. The molecule has 7 nitrogen and oxygen atoms in total. The lowest BCUT2D eigenvalue weighted by Gasteiger charge is -2.30. The molecule has 3 aliphatic heterocycles. The molecule has 3 saturated heterocycles. The number of carbonyl (C=O) groups excluding carboxylic acids is 2. The highest BCUT2D eigenvalue weighted by atomic mass is 16.6. The lowest BCUT2D eigenvalue weighted by atomic mass is 9.78. The second kappa shape index (κ2) is 4.97. The third-order valence-corrected chi connectivity index (χ3v) is 6.79. The van der Waals surface area contributed by atoms with Crippen LogP contribution in [0.25, 0.3) is 0 Å². The van der Waals surface area contributed by atoms with Gasteiger partial charge in [-0.15, -0.1) is 0 Å². The predicted molar refractivity (Wildman–Crippen MR) is 86.8 cm³/mol. The quantitative estimate of drug-likeness (QED) is 0.331. The maximum absolute atomic E-state index is 12.4. The van der Waals surface area contributed by atoms with E-state index in [0.717, 1.165) is 5.57 Å². The summed E-state index contributed by atoms with van der Waals surface area (Å²) in [6, 6.07) is 0. The minimum Gasteiger partial charge on any atom is -0.459 e. The number of esters is 2. The van der Waals surface area contributed by atoms with E-state index in [9.17, 15) is 14.7 Å². The Labute approximate surface area is 150 Å². The number of hydrogen-bond donors (Lipinski definition) is 1. The van der Waals surface area contributed by atoms with E-state index in [1.165, 1.54) is 0 Å². The van der Waals surface area contributed by atoms with Crippen molar-refractivity contribution in [3.8, 4) is 0 Å². The van der Waals surface area contributed by atoms with Crippen LogP contribution in [0.2, 0.25) is 0 Å². The van der Waals surface area contributed by atoms with Gasteiger partial charge in [0.1, 0.15) is 17.8 Å². The summed E-state index contributed by atoms with van der Waals surface area (Å²) >= 11 is 0. The van der Waals surface area contributed by atoms with Crippen LogP contribution in [0.4, 0.5) is 0 Å². The van der Waals surface area contributed by atoms with Gasteiger partial charge in [0, 0.05) is 17.9 Å². The normalized spacial score (nSPS) is 51.5. The van der Waals surface area contributed by atoms with Crippen LogP contribution in [-0.2, 0) is 28.5 Å². The molecule has 0 radical (unpaired) electrons. The molecule has 1 spiro atoms. The molecule has 0 aromatic rings. The molecule has 140 valence electrons. The number of fused-ring (bicyclic) bond motifs is 4. The number of epoxide rings is 2. The second-order valence-corrected chi connectivity index (χ2v) is 8.37. The number of hydrogen-bond acceptors (Lipinski definition) is 7. The Balaban J connectivity index is 1.51. The number of rotatable bonds is 2. The first-order chi connectivity index (χ1) is 12.3. The second-order valence-electron chi connectivity index (χ2n) is 8.37. The van der Waals surface area contributed by atoms with Crippen LogP contribution in [0.1, 0.15) is 19.8 Å². The van der Waals surface area contributed by atoms with E-state index < -0.39 is 47.4 Å². The standard InChI is InChI=1S/C19H22O7/c1-8-4-11(25-17(22)18(3)6-23-18)13-9(2)16(21)26-15(13)14-10(8)5-12(20)19(14)7-24-19/h10-15,20H,1-2,4-7H2,3H3/t10?,11-,12-,13?,14?,15-,18?,19-/m0/s1. The van der Waals surface area contributed by atoms with Gasteiger partial charge >= 0.3 is 11.9 Å².